The number of nitrogens with zero attached hydrogens (tertiary/aromatic N) is 2. The highest BCUT2D eigenvalue weighted by atomic mass is 16.3. The van der Waals surface area contributed by atoms with Crippen molar-refractivity contribution < 1.29 is 5.11 Å². The lowest BCUT2D eigenvalue weighted by Gasteiger charge is -2.46. The second-order valence-corrected chi connectivity index (χ2v) is 6.59. The highest BCUT2D eigenvalue weighted by Gasteiger charge is 2.43. The van der Waals surface area contributed by atoms with Gasteiger partial charge in [-0.05, 0) is 38.1 Å². The van der Waals surface area contributed by atoms with Crippen LogP contribution in [0.1, 0.15) is 32.1 Å². The van der Waals surface area contributed by atoms with Crippen molar-refractivity contribution in [3.8, 4) is 0 Å². The van der Waals surface area contributed by atoms with Crippen LogP contribution in [-0.4, -0.2) is 65.8 Å². The van der Waals surface area contributed by atoms with Gasteiger partial charge in [-0.3, -0.25) is 9.80 Å². The Morgan fingerprint density at radius 2 is 1.94 bits per heavy atom. The zero-order valence-corrected chi connectivity index (χ0v) is 11.4. The fraction of sp³-hybridized carbons (Fsp3) is 1.00. The lowest BCUT2D eigenvalue weighted by atomic mass is 9.93. The molecule has 2 saturated heterocycles. The van der Waals surface area contributed by atoms with Crippen LogP contribution in [0, 0.1) is 5.92 Å². The third-order valence-corrected chi connectivity index (χ3v) is 5.12. The molecule has 0 aromatic rings. The summed E-state index contributed by atoms with van der Waals surface area (Å²) < 4.78 is 0. The standard InChI is InChI=1S/C14H27N3O/c15-14(11-18,12-4-5-12)10-16-7-8-17-6-2-1-3-13(17)9-16/h12-13,18H,1-11,15H2. The number of rotatable bonds is 4. The van der Waals surface area contributed by atoms with Gasteiger partial charge in [0, 0.05) is 32.2 Å². The second kappa shape index (κ2) is 5.08. The summed E-state index contributed by atoms with van der Waals surface area (Å²) in [6.07, 6.45) is 6.51. The van der Waals surface area contributed by atoms with Crippen LogP contribution in [0.15, 0.2) is 0 Å². The summed E-state index contributed by atoms with van der Waals surface area (Å²) in [5.41, 5.74) is 6.06. The summed E-state index contributed by atoms with van der Waals surface area (Å²) in [7, 11) is 0. The first-order valence-electron chi connectivity index (χ1n) is 7.57. The predicted molar refractivity (Wildman–Crippen MR) is 72.4 cm³/mol. The average molecular weight is 253 g/mol. The summed E-state index contributed by atoms with van der Waals surface area (Å²) in [6.45, 7) is 5.79. The van der Waals surface area contributed by atoms with Crippen LogP contribution in [0.2, 0.25) is 0 Å². The maximum absolute atomic E-state index is 9.60. The highest BCUT2D eigenvalue weighted by Crippen LogP contribution is 2.38. The number of nitrogens with two attached hydrogens (primary N) is 1. The molecule has 4 heteroatoms. The van der Waals surface area contributed by atoms with Gasteiger partial charge >= 0.3 is 0 Å². The molecule has 0 bridgehead atoms. The molecule has 1 aliphatic carbocycles. The van der Waals surface area contributed by atoms with E-state index in [-0.39, 0.29) is 12.1 Å². The summed E-state index contributed by atoms with van der Waals surface area (Å²) in [5, 5.41) is 9.60. The van der Waals surface area contributed by atoms with Gasteiger partial charge in [-0.25, -0.2) is 0 Å². The number of piperidine rings is 1. The Balaban J connectivity index is 1.57. The molecule has 1 saturated carbocycles. The van der Waals surface area contributed by atoms with Crippen molar-refractivity contribution in [2.45, 2.75) is 43.7 Å². The van der Waals surface area contributed by atoms with E-state index in [1.54, 1.807) is 0 Å². The average Bonchev–Trinajstić information content (AvgIpc) is 3.23. The molecule has 2 unspecified atom stereocenters. The zero-order valence-electron chi connectivity index (χ0n) is 11.4. The Labute approximate surface area is 110 Å². The number of aliphatic hydroxyl groups is 1. The Kier molecular flexibility index (Phi) is 3.63. The monoisotopic (exact) mass is 253 g/mol. The number of piperazine rings is 1. The van der Waals surface area contributed by atoms with Gasteiger partial charge in [0.25, 0.3) is 0 Å². The maximum atomic E-state index is 9.60. The predicted octanol–water partition coefficient (Wildman–Crippen LogP) is 0.256. The van der Waals surface area contributed by atoms with Crippen LogP contribution in [0.4, 0.5) is 0 Å². The molecule has 0 aromatic carbocycles. The Morgan fingerprint density at radius 3 is 2.67 bits per heavy atom. The van der Waals surface area contributed by atoms with Crippen LogP contribution in [-0.2, 0) is 0 Å². The smallest absolute Gasteiger partial charge is 0.0626 e. The van der Waals surface area contributed by atoms with Crippen LogP contribution >= 0.6 is 0 Å². The summed E-state index contributed by atoms with van der Waals surface area (Å²) in [4.78, 5) is 5.15. The molecular weight excluding hydrogens is 226 g/mol. The zero-order chi connectivity index (χ0) is 12.6. The fourth-order valence-corrected chi connectivity index (χ4v) is 3.75. The van der Waals surface area contributed by atoms with E-state index >= 15 is 0 Å². The SMILES string of the molecule is NC(CO)(CN1CCN2CCCCC2C1)C1CC1. The first kappa shape index (κ1) is 12.9. The van der Waals surface area contributed by atoms with Gasteiger partial charge < -0.3 is 10.8 Å². The van der Waals surface area contributed by atoms with Crippen LogP contribution in [0.5, 0.6) is 0 Å². The Hall–Kier alpha value is -0.160. The van der Waals surface area contributed by atoms with Crippen molar-refractivity contribution in [1.82, 2.24) is 9.80 Å². The number of hydrogen-bond donors (Lipinski definition) is 2. The fourth-order valence-electron chi connectivity index (χ4n) is 3.75. The molecule has 4 nitrogen and oxygen atoms in total. The van der Waals surface area contributed by atoms with Crippen molar-refractivity contribution in [1.29, 1.82) is 0 Å². The summed E-state index contributed by atoms with van der Waals surface area (Å²) >= 11 is 0. The minimum Gasteiger partial charge on any atom is -0.394 e. The van der Waals surface area contributed by atoms with E-state index in [0.717, 1.165) is 25.7 Å². The third-order valence-electron chi connectivity index (χ3n) is 5.12. The van der Waals surface area contributed by atoms with Gasteiger partial charge in [-0.2, -0.15) is 0 Å². The van der Waals surface area contributed by atoms with Gasteiger partial charge in [-0.1, -0.05) is 6.42 Å². The molecule has 0 aromatic heterocycles. The van der Waals surface area contributed by atoms with Gasteiger partial charge in [0.1, 0.15) is 0 Å². The normalized spacial score (nSPS) is 34.0. The van der Waals surface area contributed by atoms with Crippen molar-refractivity contribution >= 4 is 0 Å². The molecule has 2 heterocycles. The van der Waals surface area contributed by atoms with Gasteiger partial charge in [-0.15, -0.1) is 0 Å². The number of hydrogen-bond acceptors (Lipinski definition) is 4. The minimum atomic E-state index is -0.336. The first-order valence-corrected chi connectivity index (χ1v) is 7.57. The molecular formula is C14H27N3O. The summed E-state index contributed by atoms with van der Waals surface area (Å²) in [5.74, 6) is 0.562. The van der Waals surface area contributed by atoms with Crippen molar-refractivity contribution in [2.24, 2.45) is 11.7 Å². The van der Waals surface area contributed by atoms with E-state index in [4.69, 9.17) is 5.73 Å². The molecule has 3 aliphatic rings. The molecule has 104 valence electrons. The van der Waals surface area contributed by atoms with Crippen LogP contribution < -0.4 is 5.73 Å². The molecule has 0 amide bonds. The van der Waals surface area contributed by atoms with E-state index in [0.29, 0.717) is 5.92 Å². The van der Waals surface area contributed by atoms with Gasteiger partial charge in [0.15, 0.2) is 0 Å². The third kappa shape index (κ3) is 2.57. The molecule has 18 heavy (non-hydrogen) atoms. The molecule has 2 atom stereocenters. The molecule has 3 fully saturated rings. The van der Waals surface area contributed by atoms with E-state index < -0.39 is 0 Å². The lowest BCUT2D eigenvalue weighted by Crippen LogP contribution is -2.61. The molecule has 3 rings (SSSR count). The maximum Gasteiger partial charge on any atom is 0.0626 e. The number of fused-ring (bicyclic) bond motifs is 1. The lowest BCUT2D eigenvalue weighted by molar-refractivity contribution is 0.0267. The topological polar surface area (TPSA) is 52.7 Å². The highest BCUT2D eigenvalue weighted by molar-refractivity contribution is 5.01. The number of aliphatic hydroxyl groups excluding tert-OH is 1. The molecule has 3 N–H and O–H groups in total. The quantitative estimate of drug-likeness (QED) is 0.754. The Morgan fingerprint density at radius 1 is 1.11 bits per heavy atom. The van der Waals surface area contributed by atoms with Crippen LogP contribution in [0.25, 0.3) is 0 Å². The van der Waals surface area contributed by atoms with Crippen molar-refractivity contribution in [2.75, 3.05) is 39.3 Å². The van der Waals surface area contributed by atoms with Crippen LogP contribution in [0.3, 0.4) is 0 Å². The van der Waals surface area contributed by atoms with E-state index in [2.05, 4.69) is 9.80 Å². The summed E-state index contributed by atoms with van der Waals surface area (Å²) in [6, 6.07) is 0.745. The largest absolute Gasteiger partial charge is 0.394 e. The second-order valence-electron chi connectivity index (χ2n) is 6.59. The minimum absolute atomic E-state index is 0.141. The molecule has 2 aliphatic heterocycles. The van der Waals surface area contributed by atoms with Crippen molar-refractivity contribution in [3.05, 3.63) is 0 Å². The van der Waals surface area contributed by atoms with E-state index in [1.807, 2.05) is 0 Å². The van der Waals surface area contributed by atoms with E-state index in [1.165, 1.54) is 45.2 Å². The molecule has 0 spiro atoms. The van der Waals surface area contributed by atoms with Gasteiger partial charge in [0.05, 0.1) is 12.1 Å². The first-order chi connectivity index (χ1) is 8.71. The van der Waals surface area contributed by atoms with Crippen molar-refractivity contribution in [3.63, 3.8) is 0 Å². The molecule has 0 radical (unpaired) electrons. The Bertz CT molecular complexity index is 295. The van der Waals surface area contributed by atoms with E-state index in [9.17, 15) is 5.11 Å². The van der Waals surface area contributed by atoms with Gasteiger partial charge in [0.2, 0.25) is 0 Å².